The lowest BCUT2D eigenvalue weighted by atomic mass is 10.2. The van der Waals surface area contributed by atoms with Gasteiger partial charge in [0.05, 0.1) is 10.9 Å². The Hall–Kier alpha value is -0.130. The first-order valence-corrected chi connectivity index (χ1v) is 7.85. The molecule has 2 rings (SSSR count). The molecule has 0 aromatic rings. The van der Waals surface area contributed by atoms with Crippen LogP contribution in [0.1, 0.15) is 26.2 Å². The van der Waals surface area contributed by atoms with Gasteiger partial charge in [0.1, 0.15) is 0 Å². The number of rotatable bonds is 3. The fraction of sp³-hybridized carbons (Fsp3) is 0.923. The minimum atomic E-state index is -0.0674. The number of hydrogen-bond acceptors (Lipinski definition) is 3. The van der Waals surface area contributed by atoms with Crippen LogP contribution in [0.2, 0.25) is 0 Å². The van der Waals surface area contributed by atoms with Gasteiger partial charge in [0.2, 0.25) is 5.91 Å². The lowest BCUT2D eigenvalue weighted by molar-refractivity contribution is -0.130. The molecule has 0 radical (unpaired) electrons. The van der Waals surface area contributed by atoms with Crippen molar-refractivity contribution in [3.05, 3.63) is 0 Å². The van der Waals surface area contributed by atoms with E-state index in [1.165, 1.54) is 12.8 Å². The zero-order valence-corrected chi connectivity index (χ0v) is 12.7. The smallest absolute Gasteiger partial charge is 0.236 e. The Morgan fingerprint density at radius 2 is 2.17 bits per heavy atom. The summed E-state index contributed by atoms with van der Waals surface area (Å²) >= 11 is 3.36. The summed E-state index contributed by atoms with van der Waals surface area (Å²) in [6.07, 6.45) is 3.88. The number of nitrogens with zero attached hydrogens (tertiary/aromatic N) is 2. The van der Waals surface area contributed by atoms with Crippen molar-refractivity contribution in [2.24, 2.45) is 0 Å². The SMILES string of the molecule is CC(Br)C(=O)N1CCCN(CC2CCCO2)CC1. The van der Waals surface area contributed by atoms with Gasteiger partial charge in [-0.1, -0.05) is 15.9 Å². The van der Waals surface area contributed by atoms with Gasteiger partial charge in [-0.25, -0.2) is 0 Å². The van der Waals surface area contributed by atoms with Gasteiger partial charge in [0, 0.05) is 32.8 Å². The summed E-state index contributed by atoms with van der Waals surface area (Å²) in [5.41, 5.74) is 0. The van der Waals surface area contributed by atoms with Crippen LogP contribution in [0, 0.1) is 0 Å². The third kappa shape index (κ3) is 3.93. The Kier molecular flexibility index (Phi) is 5.45. The zero-order valence-electron chi connectivity index (χ0n) is 11.1. The monoisotopic (exact) mass is 318 g/mol. The number of alkyl halides is 1. The molecule has 0 spiro atoms. The molecule has 0 saturated carbocycles. The van der Waals surface area contributed by atoms with E-state index >= 15 is 0 Å². The van der Waals surface area contributed by atoms with Crippen LogP contribution in [-0.4, -0.2) is 66.0 Å². The molecular weight excluding hydrogens is 296 g/mol. The van der Waals surface area contributed by atoms with Crippen molar-refractivity contribution in [3.63, 3.8) is 0 Å². The summed E-state index contributed by atoms with van der Waals surface area (Å²) in [7, 11) is 0. The van der Waals surface area contributed by atoms with Crippen LogP contribution in [0.3, 0.4) is 0 Å². The van der Waals surface area contributed by atoms with E-state index in [9.17, 15) is 4.79 Å². The van der Waals surface area contributed by atoms with Gasteiger partial charge in [-0.15, -0.1) is 0 Å². The second-order valence-corrected chi connectivity index (χ2v) is 6.60. The van der Waals surface area contributed by atoms with Crippen molar-refractivity contribution in [3.8, 4) is 0 Å². The largest absolute Gasteiger partial charge is 0.377 e. The lowest BCUT2D eigenvalue weighted by Gasteiger charge is -2.24. The van der Waals surface area contributed by atoms with Gasteiger partial charge in [0.15, 0.2) is 0 Å². The summed E-state index contributed by atoms with van der Waals surface area (Å²) in [4.78, 5) is 16.3. The molecule has 18 heavy (non-hydrogen) atoms. The van der Waals surface area contributed by atoms with Crippen LogP contribution in [-0.2, 0) is 9.53 Å². The zero-order chi connectivity index (χ0) is 13.0. The molecule has 5 heteroatoms. The maximum absolute atomic E-state index is 11.9. The molecule has 1 amide bonds. The van der Waals surface area contributed by atoms with E-state index in [0.717, 1.165) is 45.8 Å². The number of carbonyl (C=O) groups is 1. The Labute approximate surface area is 118 Å². The van der Waals surface area contributed by atoms with Crippen LogP contribution >= 0.6 is 15.9 Å². The third-order valence-corrected chi connectivity index (χ3v) is 4.12. The highest BCUT2D eigenvalue weighted by molar-refractivity contribution is 9.10. The molecule has 2 heterocycles. The summed E-state index contributed by atoms with van der Waals surface area (Å²) in [6, 6.07) is 0. The molecule has 2 aliphatic heterocycles. The first-order valence-electron chi connectivity index (χ1n) is 6.93. The number of carbonyl (C=O) groups excluding carboxylic acids is 1. The highest BCUT2D eigenvalue weighted by atomic mass is 79.9. The fourth-order valence-corrected chi connectivity index (χ4v) is 2.99. The summed E-state index contributed by atoms with van der Waals surface area (Å²) in [5, 5.41) is 0. The maximum Gasteiger partial charge on any atom is 0.236 e. The predicted molar refractivity (Wildman–Crippen MR) is 75.0 cm³/mol. The molecule has 0 aliphatic carbocycles. The van der Waals surface area contributed by atoms with E-state index in [4.69, 9.17) is 4.74 Å². The highest BCUT2D eigenvalue weighted by Crippen LogP contribution is 2.15. The number of halogens is 1. The first kappa shape index (κ1) is 14.3. The Balaban J connectivity index is 1.78. The minimum absolute atomic E-state index is 0.0674. The van der Waals surface area contributed by atoms with Crippen molar-refractivity contribution in [1.29, 1.82) is 0 Å². The van der Waals surface area contributed by atoms with Crippen molar-refractivity contribution in [2.75, 3.05) is 39.3 Å². The first-order chi connectivity index (χ1) is 8.66. The molecule has 2 unspecified atom stereocenters. The van der Waals surface area contributed by atoms with Gasteiger partial charge in [0.25, 0.3) is 0 Å². The summed E-state index contributed by atoms with van der Waals surface area (Å²) in [6.45, 7) is 7.65. The normalized spacial score (nSPS) is 28.1. The van der Waals surface area contributed by atoms with Gasteiger partial charge in [-0.2, -0.15) is 0 Å². The second kappa shape index (κ2) is 6.87. The molecule has 2 atom stereocenters. The molecule has 0 N–H and O–H groups in total. The minimum Gasteiger partial charge on any atom is -0.377 e. The average molecular weight is 319 g/mol. The Bertz CT molecular complexity index is 280. The van der Waals surface area contributed by atoms with E-state index in [1.54, 1.807) is 0 Å². The molecular formula is C13H23BrN2O2. The summed E-state index contributed by atoms with van der Waals surface area (Å²) < 4.78 is 5.68. The molecule has 0 bridgehead atoms. The van der Waals surface area contributed by atoms with E-state index in [0.29, 0.717) is 6.10 Å². The van der Waals surface area contributed by atoms with Crippen molar-refractivity contribution < 1.29 is 9.53 Å². The van der Waals surface area contributed by atoms with Crippen molar-refractivity contribution >= 4 is 21.8 Å². The number of ether oxygens (including phenoxy) is 1. The van der Waals surface area contributed by atoms with E-state index in [2.05, 4.69) is 20.8 Å². The topological polar surface area (TPSA) is 32.8 Å². The van der Waals surface area contributed by atoms with Crippen molar-refractivity contribution in [2.45, 2.75) is 37.1 Å². The van der Waals surface area contributed by atoms with Gasteiger partial charge in [-0.05, 0) is 32.7 Å². The van der Waals surface area contributed by atoms with Crippen LogP contribution in [0.25, 0.3) is 0 Å². The number of hydrogen-bond donors (Lipinski definition) is 0. The Morgan fingerprint density at radius 3 is 2.83 bits per heavy atom. The van der Waals surface area contributed by atoms with E-state index in [-0.39, 0.29) is 10.7 Å². The van der Waals surface area contributed by atoms with Gasteiger partial charge >= 0.3 is 0 Å². The maximum atomic E-state index is 11.9. The molecule has 2 saturated heterocycles. The van der Waals surface area contributed by atoms with Gasteiger partial charge < -0.3 is 9.64 Å². The van der Waals surface area contributed by atoms with Crippen LogP contribution in [0.4, 0.5) is 0 Å². The quantitative estimate of drug-likeness (QED) is 0.739. The Morgan fingerprint density at radius 1 is 1.33 bits per heavy atom. The molecule has 104 valence electrons. The van der Waals surface area contributed by atoms with E-state index < -0.39 is 0 Å². The second-order valence-electron chi connectivity index (χ2n) is 5.23. The van der Waals surface area contributed by atoms with E-state index in [1.807, 2.05) is 11.8 Å². The average Bonchev–Trinajstić information content (AvgIpc) is 2.73. The molecule has 0 aromatic heterocycles. The predicted octanol–water partition coefficient (Wildman–Crippen LogP) is 1.48. The van der Waals surface area contributed by atoms with Gasteiger partial charge in [-0.3, -0.25) is 9.69 Å². The molecule has 2 aliphatic rings. The molecule has 2 fully saturated rings. The standard InChI is InChI=1S/C13H23BrN2O2/c1-11(14)13(17)16-6-3-5-15(7-8-16)10-12-4-2-9-18-12/h11-12H,2-10H2,1H3. The van der Waals surface area contributed by atoms with Crippen LogP contribution in [0.15, 0.2) is 0 Å². The van der Waals surface area contributed by atoms with Crippen LogP contribution < -0.4 is 0 Å². The number of amides is 1. The summed E-state index contributed by atoms with van der Waals surface area (Å²) in [5.74, 6) is 0.217. The highest BCUT2D eigenvalue weighted by Gasteiger charge is 2.24. The molecule has 0 aromatic carbocycles. The third-order valence-electron chi connectivity index (χ3n) is 3.73. The fourth-order valence-electron chi connectivity index (χ4n) is 2.70. The van der Waals surface area contributed by atoms with Crippen molar-refractivity contribution in [1.82, 2.24) is 9.80 Å². The molecule has 4 nitrogen and oxygen atoms in total. The van der Waals surface area contributed by atoms with Crippen LogP contribution in [0.5, 0.6) is 0 Å². The lowest BCUT2D eigenvalue weighted by Crippen LogP contribution is -2.39.